The fraction of sp³-hybridized carbons (Fsp3) is 0.580. The Morgan fingerprint density at radius 2 is 1.50 bits per heavy atom. The van der Waals surface area contributed by atoms with Gasteiger partial charge in [0.2, 0.25) is 23.7 Å². The third-order valence-electron chi connectivity index (χ3n) is 11.6. The van der Waals surface area contributed by atoms with Crippen LogP contribution in [0, 0.1) is 26.2 Å². The van der Waals surface area contributed by atoms with Gasteiger partial charge in [-0.1, -0.05) is 35.5 Å². The van der Waals surface area contributed by atoms with Crippen LogP contribution in [0.25, 0.3) is 0 Å². The molecule has 1 aliphatic heterocycles. The number of ether oxygens (including phenoxy) is 3. The van der Waals surface area contributed by atoms with Crippen LogP contribution in [-0.4, -0.2) is 119 Å². The molecule has 0 saturated heterocycles. The Bertz CT molecular complexity index is 2630. The van der Waals surface area contributed by atoms with Crippen LogP contribution in [0.1, 0.15) is 140 Å². The summed E-state index contributed by atoms with van der Waals surface area (Å²) in [6, 6.07) is 4.77. The molecule has 408 valence electrons. The second kappa shape index (κ2) is 25.4. The number of carboxylic acid groups (broad SMARTS) is 1. The SMILES string of the molecule is Cc1c(C)c(S(=O)(=O)NC(=N)NCCC[C@H](NC(=O)[C@H](CCCCNC(=O)OC(C)(C)C)n2cc([C@@H](N)Cc3ccccc3)nn2)C(=O)NCC(=O)N[C@@H](CC(=O)OC(C)(C)C)C(=O)O)c(C)c2c1OC(C)(C)C2. The Kier molecular flexibility index (Phi) is 20.5. The lowest BCUT2D eigenvalue weighted by atomic mass is 9.94. The highest BCUT2D eigenvalue weighted by Gasteiger charge is 2.37. The van der Waals surface area contributed by atoms with Gasteiger partial charge in [-0.3, -0.25) is 24.6 Å². The number of unbranched alkanes of at least 4 members (excludes halogenated alkanes) is 1. The van der Waals surface area contributed by atoms with Crippen molar-refractivity contribution in [3.63, 3.8) is 0 Å². The molecule has 4 rings (SSSR count). The van der Waals surface area contributed by atoms with E-state index in [9.17, 15) is 42.3 Å². The fourth-order valence-electron chi connectivity index (χ4n) is 8.15. The molecule has 4 amide bonds. The summed E-state index contributed by atoms with van der Waals surface area (Å²) in [6.07, 6.45) is 2.06. The van der Waals surface area contributed by atoms with Crippen molar-refractivity contribution in [2.24, 2.45) is 5.73 Å². The maximum Gasteiger partial charge on any atom is 0.407 e. The lowest BCUT2D eigenvalue weighted by molar-refractivity contribution is -0.158. The number of alkyl carbamates (subject to hydrolysis) is 1. The summed E-state index contributed by atoms with van der Waals surface area (Å²) >= 11 is 0. The van der Waals surface area contributed by atoms with Crippen molar-refractivity contribution in [1.82, 2.24) is 46.3 Å². The van der Waals surface area contributed by atoms with Gasteiger partial charge in [-0.05, 0) is 137 Å². The zero-order chi connectivity index (χ0) is 55.3. The van der Waals surface area contributed by atoms with Crippen molar-refractivity contribution in [1.29, 1.82) is 5.41 Å². The number of sulfonamides is 1. The van der Waals surface area contributed by atoms with Crippen LogP contribution < -0.4 is 41.8 Å². The van der Waals surface area contributed by atoms with Crippen molar-refractivity contribution in [2.45, 2.75) is 173 Å². The second-order valence-electron chi connectivity index (χ2n) is 21.0. The molecule has 24 heteroatoms. The zero-order valence-electron chi connectivity index (χ0n) is 44.3. The Morgan fingerprint density at radius 1 is 0.851 bits per heavy atom. The molecule has 23 nitrogen and oxygen atoms in total. The van der Waals surface area contributed by atoms with Gasteiger partial charge < -0.3 is 51.6 Å². The average Bonchev–Trinajstić information content (AvgIpc) is 3.90. The van der Waals surface area contributed by atoms with Crippen molar-refractivity contribution >= 4 is 51.7 Å². The van der Waals surface area contributed by atoms with Gasteiger partial charge in [0.25, 0.3) is 10.0 Å². The molecule has 0 bridgehead atoms. The average molecular weight is 1050 g/mol. The Balaban J connectivity index is 1.53. The van der Waals surface area contributed by atoms with Gasteiger partial charge >= 0.3 is 18.0 Å². The maximum atomic E-state index is 14.4. The van der Waals surface area contributed by atoms with Crippen LogP contribution in [0.15, 0.2) is 41.4 Å². The summed E-state index contributed by atoms with van der Waals surface area (Å²) in [6.45, 7) is 18.4. The number of amides is 4. The molecule has 0 aliphatic carbocycles. The minimum Gasteiger partial charge on any atom is -0.487 e. The molecular weight excluding hydrogens is 979 g/mol. The first-order valence-electron chi connectivity index (χ1n) is 24.5. The van der Waals surface area contributed by atoms with Gasteiger partial charge in [-0.25, -0.2) is 27.4 Å². The molecule has 0 fully saturated rings. The highest BCUT2D eigenvalue weighted by Crippen LogP contribution is 2.43. The maximum absolute atomic E-state index is 14.4. The number of rotatable bonds is 24. The molecule has 10 N–H and O–H groups in total. The van der Waals surface area contributed by atoms with E-state index in [4.69, 9.17) is 25.4 Å². The number of hydrogen-bond acceptors (Lipinski definition) is 15. The summed E-state index contributed by atoms with van der Waals surface area (Å²) < 4.78 is 47.9. The fourth-order valence-corrected chi connectivity index (χ4v) is 9.67. The minimum absolute atomic E-state index is 0.0381. The summed E-state index contributed by atoms with van der Waals surface area (Å²) in [4.78, 5) is 78.1. The molecule has 1 aromatic heterocycles. The molecule has 0 saturated carbocycles. The first kappa shape index (κ1) is 59.7. The van der Waals surface area contributed by atoms with Crippen LogP contribution in [0.2, 0.25) is 0 Å². The first-order valence-corrected chi connectivity index (χ1v) is 26.0. The number of fused-ring (bicyclic) bond motifs is 1. The Morgan fingerprint density at radius 3 is 2.14 bits per heavy atom. The van der Waals surface area contributed by atoms with Gasteiger partial charge in [0.15, 0.2) is 0 Å². The predicted octanol–water partition coefficient (Wildman–Crippen LogP) is 3.58. The highest BCUT2D eigenvalue weighted by molar-refractivity contribution is 7.90. The third-order valence-corrected chi connectivity index (χ3v) is 13.3. The Hall–Kier alpha value is -6.82. The van der Waals surface area contributed by atoms with Crippen LogP contribution >= 0.6 is 0 Å². The molecule has 0 unspecified atom stereocenters. The topological polar surface area (TPSA) is 337 Å². The standard InChI is InChI=1S/C50H75N11O12S/c1-29-30(2)42(31(3)33-26-50(10,11)72-41(29)33)74(69,70)59-46(52)53-23-17-20-35(43(64)55-27-39(62)56-36(45(66)67)25-40(63)71-48(4,5)6)57-44(65)38(21-15-16-22-54-47(68)73-49(7,8)9)61-28-37(58-60-61)34(51)24-32-18-13-12-14-19-32/h12-14,18-19,28,34-36,38H,15-17,20-27,51H2,1-11H3,(H,54,68)(H,55,64)(H,56,62)(H,57,65)(H,66,67)(H3,52,53,59)/t34-,35-,36-,38-/m0/s1. The van der Waals surface area contributed by atoms with E-state index in [1.54, 1.807) is 68.5 Å². The first-order chi connectivity index (χ1) is 34.4. The highest BCUT2D eigenvalue weighted by atomic mass is 32.2. The lowest BCUT2D eigenvalue weighted by Crippen LogP contribution is -2.52. The van der Waals surface area contributed by atoms with E-state index in [1.165, 1.54) is 4.68 Å². The monoisotopic (exact) mass is 1050 g/mol. The van der Waals surface area contributed by atoms with Crippen molar-refractivity contribution in [3.8, 4) is 5.75 Å². The van der Waals surface area contributed by atoms with Crippen molar-refractivity contribution < 1.29 is 56.5 Å². The number of carboxylic acids is 1. The largest absolute Gasteiger partial charge is 0.487 e. The molecule has 74 heavy (non-hydrogen) atoms. The second-order valence-corrected chi connectivity index (χ2v) is 22.6. The minimum atomic E-state index is -4.27. The smallest absolute Gasteiger partial charge is 0.407 e. The third kappa shape index (κ3) is 18.3. The molecular formula is C50H75N11O12S. The summed E-state index contributed by atoms with van der Waals surface area (Å²) in [5.41, 5.74) is 8.16. The molecule has 2 heterocycles. The number of carbonyl (C=O) groups is 6. The van der Waals surface area contributed by atoms with E-state index in [-0.39, 0.29) is 37.2 Å². The number of esters is 1. The molecule has 1 aliphatic rings. The van der Waals surface area contributed by atoms with Gasteiger partial charge in [-0.15, -0.1) is 5.10 Å². The van der Waals surface area contributed by atoms with Crippen LogP contribution in [0.4, 0.5) is 4.79 Å². The van der Waals surface area contributed by atoms with E-state index in [2.05, 4.69) is 41.6 Å². The number of aliphatic carboxylic acids is 1. The van der Waals surface area contributed by atoms with Crippen LogP contribution in [0.3, 0.4) is 0 Å². The van der Waals surface area contributed by atoms with Gasteiger partial charge in [0.05, 0.1) is 35.8 Å². The summed E-state index contributed by atoms with van der Waals surface area (Å²) in [5, 5.41) is 39.6. The molecule has 3 aromatic rings. The van der Waals surface area contributed by atoms with Gasteiger partial charge in [0.1, 0.15) is 40.7 Å². The normalized spacial score (nSPS) is 14.7. The molecule has 4 atom stereocenters. The number of nitrogens with zero attached hydrogens (tertiary/aromatic N) is 3. The lowest BCUT2D eigenvalue weighted by Gasteiger charge is -2.23. The van der Waals surface area contributed by atoms with Crippen molar-refractivity contribution in [2.75, 3.05) is 19.6 Å². The molecule has 0 radical (unpaired) electrons. The predicted molar refractivity (Wildman–Crippen MR) is 274 cm³/mol. The van der Waals surface area contributed by atoms with E-state index in [0.29, 0.717) is 53.8 Å². The molecule has 2 aromatic carbocycles. The van der Waals surface area contributed by atoms with E-state index >= 15 is 0 Å². The van der Waals surface area contributed by atoms with Gasteiger partial charge in [-0.2, -0.15) is 0 Å². The number of benzene rings is 2. The zero-order valence-corrected chi connectivity index (χ0v) is 45.1. The van der Waals surface area contributed by atoms with E-state index in [0.717, 1.165) is 11.1 Å². The number of nitrogens with one attached hydrogen (secondary N) is 7. The van der Waals surface area contributed by atoms with Crippen LogP contribution in [0.5, 0.6) is 5.75 Å². The number of hydrogen-bond donors (Lipinski definition) is 9. The van der Waals surface area contributed by atoms with Gasteiger partial charge in [0, 0.05) is 25.1 Å². The van der Waals surface area contributed by atoms with E-state index in [1.807, 2.05) is 44.2 Å². The summed E-state index contributed by atoms with van der Waals surface area (Å²) in [7, 11) is -4.27. The number of guanidine groups is 1. The molecule has 0 spiro atoms. The number of nitrogens with two attached hydrogens (primary N) is 1. The Labute approximate surface area is 433 Å². The van der Waals surface area contributed by atoms with Crippen molar-refractivity contribution in [3.05, 3.63) is 70.0 Å². The van der Waals surface area contributed by atoms with Crippen LogP contribution in [-0.2, 0) is 56.3 Å². The number of carbonyl (C=O) groups excluding carboxylic acids is 5. The summed E-state index contributed by atoms with van der Waals surface area (Å²) in [5.74, 6) is -4.77. The van der Waals surface area contributed by atoms with E-state index < -0.39 is 106 Å². The number of aromatic nitrogens is 3. The quantitative estimate of drug-likeness (QED) is 0.0268.